The number of aryl methyl sites for hydroxylation is 3. The Hall–Kier alpha value is -3.99. The third kappa shape index (κ3) is 12.1. The quantitative estimate of drug-likeness (QED) is 0.0384. The highest BCUT2D eigenvalue weighted by molar-refractivity contribution is 6.23. The molecule has 0 bridgehead atoms. The maximum absolute atomic E-state index is 6.01. The van der Waals surface area contributed by atoms with Crippen LogP contribution in [0.15, 0.2) is 97.1 Å². The van der Waals surface area contributed by atoms with E-state index >= 15 is 0 Å². The second-order valence-electron chi connectivity index (χ2n) is 18.9. The van der Waals surface area contributed by atoms with E-state index in [2.05, 4.69) is 143 Å². The first-order valence-corrected chi connectivity index (χ1v) is 23.8. The van der Waals surface area contributed by atoms with Crippen LogP contribution < -0.4 is 0 Å². The first-order chi connectivity index (χ1) is 29.2. The van der Waals surface area contributed by atoms with Gasteiger partial charge in [-0.1, -0.05) is 190 Å². The Morgan fingerprint density at radius 1 is 0.483 bits per heavy atom. The predicted molar refractivity (Wildman–Crippen MR) is 258 cm³/mol. The summed E-state index contributed by atoms with van der Waals surface area (Å²) in [4.78, 5) is 5.48. The number of imidazole rings is 1. The molecule has 0 spiro atoms. The molecule has 4 heteroatoms. The fourth-order valence-corrected chi connectivity index (χ4v) is 8.76. The molecule has 0 aliphatic carbocycles. The van der Waals surface area contributed by atoms with Crippen LogP contribution in [0.2, 0.25) is 0 Å². The van der Waals surface area contributed by atoms with Crippen molar-refractivity contribution in [2.75, 3.05) is 19.8 Å². The summed E-state index contributed by atoms with van der Waals surface area (Å²) in [6.45, 7) is 18.7. The van der Waals surface area contributed by atoms with E-state index in [-0.39, 0.29) is 10.8 Å². The lowest BCUT2D eigenvalue weighted by atomic mass is 9.63. The van der Waals surface area contributed by atoms with Gasteiger partial charge in [-0.3, -0.25) is 0 Å². The molecule has 322 valence electrons. The summed E-state index contributed by atoms with van der Waals surface area (Å²) in [6, 6.07) is 36.3. The highest BCUT2D eigenvalue weighted by Gasteiger charge is 2.36. The number of rotatable bonds is 27. The lowest BCUT2D eigenvalue weighted by Crippen LogP contribution is -2.33. The number of ether oxygens (including phenoxy) is 2. The zero-order valence-electron chi connectivity index (χ0n) is 38.3. The number of hydrogen-bond acceptors (Lipinski definition) is 3. The van der Waals surface area contributed by atoms with Crippen LogP contribution in [0.4, 0.5) is 0 Å². The molecule has 5 aromatic carbocycles. The molecule has 6 aromatic rings. The second kappa shape index (κ2) is 22.7. The van der Waals surface area contributed by atoms with Crippen molar-refractivity contribution in [1.29, 1.82) is 0 Å². The van der Waals surface area contributed by atoms with Crippen LogP contribution >= 0.6 is 0 Å². The third-order valence-electron chi connectivity index (χ3n) is 13.7. The lowest BCUT2D eigenvalue weighted by Gasteiger charge is -2.42. The molecule has 0 saturated carbocycles. The average molecular weight is 809 g/mol. The Morgan fingerprint density at radius 3 is 1.60 bits per heavy atom. The van der Waals surface area contributed by atoms with Crippen LogP contribution in [-0.2, 0) is 35.5 Å². The molecule has 4 nitrogen and oxygen atoms in total. The number of nitrogens with zero attached hydrogens (tertiary/aromatic N) is 2. The van der Waals surface area contributed by atoms with Crippen LogP contribution in [0.1, 0.15) is 148 Å². The van der Waals surface area contributed by atoms with Gasteiger partial charge in [-0.25, -0.2) is 4.98 Å². The topological polar surface area (TPSA) is 36.3 Å². The van der Waals surface area contributed by atoms with Crippen molar-refractivity contribution in [3.8, 4) is 11.4 Å². The summed E-state index contributed by atoms with van der Waals surface area (Å²) < 4.78 is 14.2. The van der Waals surface area contributed by atoms with Crippen molar-refractivity contribution >= 4 is 32.6 Å². The smallest absolute Gasteiger partial charge is 0.141 e. The van der Waals surface area contributed by atoms with Gasteiger partial charge in [-0.05, 0) is 89.7 Å². The van der Waals surface area contributed by atoms with Crippen molar-refractivity contribution in [1.82, 2.24) is 9.55 Å². The number of hydrogen-bond donors (Lipinski definition) is 0. The van der Waals surface area contributed by atoms with Crippen molar-refractivity contribution in [3.63, 3.8) is 0 Å². The monoisotopic (exact) mass is 809 g/mol. The van der Waals surface area contributed by atoms with Gasteiger partial charge >= 0.3 is 0 Å². The predicted octanol–water partition coefficient (Wildman–Crippen LogP) is 15.9. The minimum Gasteiger partial charge on any atom is -0.381 e. The van der Waals surface area contributed by atoms with Gasteiger partial charge in [0.15, 0.2) is 0 Å². The van der Waals surface area contributed by atoms with Gasteiger partial charge in [-0.15, -0.1) is 0 Å². The number of benzene rings is 5. The molecule has 0 saturated heterocycles. The highest BCUT2D eigenvalue weighted by atomic mass is 16.5. The largest absolute Gasteiger partial charge is 0.381 e. The van der Waals surface area contributed by atoms with Gasteiger partial charge in [0.1, 0.15) is 5.82 Å². The fraction of sp³-hybridized carbons (Fsp3) is 0.518. The third-order valence-corrected chi connectivity index (χ3v) is 13.7. The van der Waals surface area contributed by atoms with Gasteiger partial charge in [0.2, 0.25) is 0 Å². The normalized spacial score (nSPS) is 12.4. The van der Waals surface area contributed by atoms with E-state index in [1.54, 1.807) is 0 Å². The highest BCUT2D eigenvalue weighted by Crippen LogP contribution is 2.45. The Morgan fingerprint density at radius 2 is 0.967 bits per heavy atom. The van der Waals surface area contributed by atoms with E-state index in [4.69, 9.17) is 14.5 Å². The second-order valence-corrected chi connectivity index (χ2v) is 18.9. The maximum Gasteiger partial charge on any atom is 0.141 e. The van der Waals surface area contributed by atoms with E-state index in [1.807, 2.05) is 0 Å². The van der Waals surface area contributed by atoms with E-state index in [9.17, 15) is 0 Å². The molecule has 0 fully saturated rings. The number of fused-ring (bicyclic) bond motifs is 6. The molecular weight excluding hydrogens is 733 g/mol. The molecule has 1 aromatic heterocycles. The fourth-order valence-electron chi connectivity index (χ4n) is 8.76. The summed E-state index contributed by atoms with van der Waals surface area (Å²) in [5.41, 5.74) is 8.09. The van der Waals surface area contributed by atoms with Gasteiger partial charge in [-0.2, -0.15) is 0 Å². The molecule has 0 radical (unpaired) electrons. The Labute approximate surface area is 363 Å². The summed E-state index contributed by atoms with van der Waals surface area (Å²) in [6.07, 6.45) is 19.3. The van der Waals surface area contributed by atoms with Gasteiger partial charge in [0, 0.05) is 42.7 Å². The minimum absolute atomic E-state index is 0.189. The molecule has 0 N–H and O–H groups in total. The number of unbranched alkanes of at least 4 members (excludes halogenated alkanes) is 9. The zero-order valence-corrected chi connectivity index (χ0v) is 38.3. The van der Waals surface area contributed by atoms with E-state index in [0.717, 1.165) is 76.2 Å². The SMILES string of the molecule is CCCCCCCCn1c(-c2ccc(CCC(C)(C)C(C)(C)CCc3ccc(COCCCCCCOCCCC)cc3)cc2)nc2c3ccccc3c3ccccc3c21. The van der Waals surface area contributed by atoms with E-state index in [1.165, 1.54) is 114 Å². The average Bonchev–Trinajstić information content (AvgIpc) is 3.65. The summed E-state index contributed by atoms with van der Waals surface area (Å²) in [7, 11) is 0. The van der Waals surface area contributed by atoms with Crippen LogP contribution in [0.5, 0.6) is 0 Å². The van der Waals surface area contributed by atoms with Crippen molar-refractivity contribution in [2.45, 2.75) is 157 Å². The van der Waals surface area contributed by atoms with Crippen LogP contribution in [0.25, 0.3) is 44.0 Å². The molecule has 0 amide bonds. The number of aromatic nitrogens is 2. The summed E-state index contributed by atoms with van der Waals surface area (Å²) >= 11 is 0. The van der Waals surface area contributed by atoms with Gasteiger partial charge in [0.25, 0.3) is 0 Å². The van der Waals surface area contributed by atoms with Crippen molar-refractivity contribution in [2.24, 2.45) is 10.8 Å². The standard InChI is InChI=1S/C56H76N2O2/c1-7-9-11-12-13-20-39-58-53-51-26-19-17-24-49(51)48-23-16-18-25-50(48)52(53)57-54(58)47-33-31-45(32-34-47)36-38-56(5,6)55(3,4)37-35-44-27-29-46(30-28-44)43-60-42-22-15-14-21-41-59-40-10-8-2/h16-19,23-34H,7-15,20-22,35-43H2,1-6H3. The molecule has 0 aliphatic heterocycles. The zero-order chi connectivity index (χ0) is 42.2. The Kier molecular flexibility index (Phi) is 17.3. The van der Waals surface area contributed by atoms with E-state index in [0.29, 0.717) is 6.61 Å². The Bertz CT molecular complexity index is 2180. The first-order valence-electron chi connectivity index (χ1n) is 23.8. The molecule has 6 rings (SSSR count). The molecule has 0 aliphatic rings. The molecule has 60 heavy (non-hydrogen) atoms. The van der Waals surface area contributed by atoms with Crippen molar-refractivity contribution in [3.05, 3.63) is 114 Å². The summed E-state index contributed by atoms with van der Waals surface area (Å²) in [5, 5.41) is 5.14. The van der Waals surface area contributed by atoms with Crippen LogP contribution in [-0.4, -0.2) is 29.4 Å². The lowest BCUT2D eigenvalue weighted by molar-refractivity contribution is 0.0887. The Balaban J connectivity index is 1.04. The van der Waals surface area contributed by atoms with Gasteiger partial charge < -0.3 is 14.0 Å². The molecule has 0 unspecified atom stereocenters. The minimum atomic E-state index is 0.189. The maximum atomic E-state index is 6.01. The van der Waals surface area contributed by atoms with Crippen LogP contribution in [0, 0.1) is 10.8 Å². The van der Waals surface area contributed by atoms with E-state index < -0.39 is 0 Å². The van der Waals surface area contributed by atoms with Crippen LogP contribution in [0.3, 0.4) is 0 Å². The van der Waals surface area contributed by atoms with Crippen molar-refractivity contribution < 1.29 is 9.47 Å². The molecule has 1 heterocycles. The molecular formula is C56H76N2O2. The molecule has 0 atom stereocenters. The first kappa shape index (κ1) is 45.5. The van der Waals surface area contributed by atoms with Gasteiger partial charge in [0.05, 0.1) is 17.6 Å². The summed E-state index contributed by atoms with van der Waals surface area (Å²) in [5.74, 6) is 1.10.